The second kappa shape index (κ2) is 6.43. The van der Waals surface area contributed by atoms with Gasteiger partial charge in [0.25, 0.3) is 0 Å². The lowest BCUT2D eigenvalue weighted by molar-refractivity contribution is -0.120. The molecule has 1 atom stereocenters. The van der Waals surface area contributed by atoms with Crippen LogP contribution in [0.3, 0.4) is 0 Å². The standard InChI is InChI=1S/C10H18N2O2/c1-2-12-10(13)8-11-7-9-5-3-4-6-14-9/h4,6,9,11H,2-3,5,7-8H2,1H3,(H,12,13). The fourth-order valence-corrected chi connectivity index (χ4v) is 1.34. The van der Waals surface area contributed by atoms with E-state index in [0.29, 0.717) is 13.1 Å². The molecule has 0 bridgehead atoms. The Balaban J connectivity index is 2.03. The van der Waals surface area contributed by atoms with Crippen LogP contribution in [0.2, 0.25) is 0 Å². The van der Waals surface area contributed by atoms with Gasteiger partial charge in [-0.05, 0) is 25.8 Å². The van der Waals surface area contributed by atoms with Crippen molar-refractivity contribution in [1.29, 1.82) is 0 Å². The Morgan fingerprint density at radius 3 is 3.14 bits per heavy atom. The molecule has 1 unspecified atom stereocenters. The molecule has 0 saturated carbocycles. The number of hydrogen-bond acceptors (Lipinski definition) is 3. The maximum Gasteiger partial charge on any atom is 0.233 e. The third-order valence-corrected chi connectivity index (χ3v) is 2.05. The highest BCUT2D eigenvalue weighted by Gasteiger charge is 2.10. The number of rotatable bonds is 5. The van der Waals surface area contributed by atoms with Crippen LogP contribution in [-0.4, -0.2) is 31.6 Å². The summed E-state index contributed by atoms with van der Waals surface area (Å²) >= 11 is 0. The Labute approximate surface area is 84.7 Å². The Bertz CT molecular complexity index is 204. The summed E-state index contributed by atoms with van der Waals surface area (Å²) in [6, 6.07) is 0. The van der Waals surface area contributed by atoms with Gasteiger partial charge in [0, 0.05) is 13.1 Å². The molecule has 0 spiro atoms. The van der Waals surface area contributed by atoms with Crippen molar-refractivity contribution in [3.63, 3.8) is 0 Å². The van der Waals surface area contributed by atoms with Crippen LogP contribution in [0.25, 0.3) is 0 Å². The van der Waals surface area contributed by atoms with Crippen LogP contribution in [0.5, 0.6) is 0 Å². The molecule has 0 saturated heterocycles. The van der Waals surface area contributed by atoms with Gasteiger partial charge in [0.2, 0.25) is 5.91 Å². The largest absolute Gasteiger partial charge is 0.497 e. The third kappa shape index (κ3) is 4.28. The van der Waals surface area contributed by atoms with Crippen LogP contribution in [0.1, 0.15) is 19.8 Å². The summed E-state index contributed by atoms with van der Waals surface area (Å²) in [6.07, 6.45) is 6.06. The van der Waals surface area contributed by atoms with E-state index in [-0.39, 0.29) is 12.0 Å². The Morgan fingerprint density at radius 2 is 2.50 bits per heavy atom. The summed E-state index contributed by atoms with van der Waals surface area (Å²) in [5, 5.41) is 5.80. The molecular weight excluding hydrogens is 180 g/mol. The molecule has 0 aromatic rings. The van der Waals surface area contributed by atoms with E-state index in [9.17, 15) is 4.79 Å². The van der Waals surface area contributed by atoms with Crippen LogP contribution < -0.4 is 10.6 Å². The zero-order valence-corrected chi connectivity index (χ0v) is 8.58. The molecule has 0 aliphatic carbocycles. The smallest absolute Gasteiger partial charge is 0.233 e. The first-order valence-electron chi connectivity index (χ1n) is 5.10. The minimum Gasteiger partial charge on any atom is -0.497 e. The normalized spacial score (nSPS) is 20.2. The predicted molar refractivity (Wildman–Crippen MR) is 54.8 cm³/mol. The van der Waals surface area contributed by atoms with E-state index in [2.05, 4.69) is 10.6 Å². The number of likely N-dealkylation sites (N-methyl/N-ethyl adjacent to an activating group) is 1. The molecule has 1 rings (SSSR count). The molecule has 4 nitrogen and oxygen atoms in total. The fourth-order valence-electron chi connectivity index (χ4n) is 1.34. The van der Waals surface area contributed by atoms with Crippen LogP contribution in [-0.2, 0) is 9.53 Å². The zero-order valence-electron chi connectivity index (χ0n) is 8.58. The summed E-state index contributed by atoms with van der Waals surface area (Å²) in [6.45, 7) is 3.70. The maximum absolute atomic E-state index is 11.1. The summed E-state index contributed by atoms with van der Waals surface area (Å²) in [4.78, 5) is 11.1. The first kappa shape index (κ1) is 11.0. The number of allylic oxidation sites excluding steroid dienone is 1. The number of carbonyl (C=O) groups excluding carboxylic acids is 1. The zero-order chi connectivity index (χ0) is 10.2. The monoisotopic (exact) mass is 198 g/mol. The molecule has 1 amide bonds. The lowest BCUT2D eigenvalue weighted by Crippen LogP contribution is -2.37. The molecule has 2 N–H and O–H groups in total. The van der Waals surface area contributed by atoms with E-state index < -0.39 is 0 Å². The quantitative estimate of drug-likeness (QED) is 0.672. The highest BCUT2D eigenvalue weighted by molar-refractivity contribution is 5.77. The lowest BCUT2D eigenvalue weighted by atomic mass is 10.1. The first-order valence-corrected chi connectivity index (χ1v) is 5.10. The summed E-state index contributed by atoms with van der Waals surface area (Å²) in [5.41, 5.74) is 0. The van der Waals surface area contributed by atoms with E-state index >= 15 is 0 Å². The molecular formula is C10H18N2O2. The number of nitrogens with one attached hydrogen (secondary N) is 2. The van der Waals surface area contributed by atoms with Gasteiger partial charge < -0.3 is 15.4 Å². The van der Waals surface area contributed by atoms with Crippen molar-refractivity contribution in [3.8, 4) is 0 Å². The molecule has 1 heterocycles. The van der Waals surface area contributed by atoms with Crippen molar-refractivity contribution in [2.45, 2.75) is 25.9 Å². The molecule has 1 aliphatic heterocycles. The molecule has 0 aromatic carbocycles. The highest BCUT2D eigenvalue weighted by Crippen LogP contribution is 2.08. The minimum absolute atomic E-state index is 0.0406. The van der Waals surface area contributed by atoms with Crippen LogP contribution in [0, 0.1) is 0 Å². The molecule has 0 fully saturated rings. The number of carbonyl (C=O) groups is 1. The van der Waals surface area contributed by atoms with E-state index in [0.717, 1.165) is 19.4 Å². The van der Waals surface area contributed by atoms with Crippen LogP contribution in [0.15, 0.2) is 12.3 Å². The summed E-state index contributed by atoms with van der Waals surface area (Å²) in [7, 11) is 0. The fraction of sp³-hybridized carbons (Fsp3) is 0.700. The average Bonchev–Trinajstić information content (AvgIpc) is 2.20. The van der Waals surface area contributed by atoms with Gasteiger partial charge in [0.1, 0.15) is 6.10 Å². The Kier molecular flexibility index (Phi) is 5.07. The van der Waals surface area contributed by atoms with Gasteiger partial charge in [-0.1, -0.05) is 0 Å². The number of ether oxygens (including phenoxy) is 1. The second-order valence-corrected chi connectivity index (χ2v) is 3.29. The van der Waals surface area contributed by atoms with Gasteiger partial charge in [-0.3, -0.25) is 4.79 Å². The van der Waals surface area contributed by atoms with Gasteiger partial charge in [0.05, 0.1) is 12.8 Å². The maximum atomic E-state index is 11.1. The van der Waals surface area contributed by atoms with Gasteiger partial charge in [0.15, 0.2) is 0 Å². The van der Waals surface area contributed by atoms with E-state index in [1.807, 2.05) is 13.0 Å². The predicted octanol–water partition coefficient (Wildman–Crippen LogP) is 0.405. The van der Waals surface area contributed by atoms with Crippen LogP contribution in [0.4, 0.5) is 0 Å². The van der Waals surface area contributed by atoms with E-state index in [1.165, 1.54) is 0 Å². The topological polar surface area (TPSA) is 50.4 Å². The minimum atomic E-state index is 0.0406. The molecule has 0 radical (unpaired) electrons. The van der Waals surface area contributed by atoms with E-state index in [4.69, 9.17) is 4.74 Å². The number of amides is 1. The van der Waals surface area contributed by atoms with E-state index in [1.54, 1.807) is 6.26 Å². The Hall–Kier alpha value is -1.03. The van der Waals surface area contributed by atoms with Gasteiger partial charge in [-0.2, -0.15) is 0 Å². The summed E-state index contributed by atoms with van der Waals surface area (Å²) < 4.78 is 5.34. The molecule has 4 heteroatoms. The second-order valence-electron chi connectivity index (χ2n) is 3.29. The summed E-state index contributed by atoms with van der Waals surface area (Å²) in [5.74, 6) is 0.0406. The SMILES string of the molecule is CCNC(=O)CNCC1CCC=CO1. The Morgan fingerprint density at radius 1 is 1.64 bits per heavy atom. The van der Waals surface area contributed by atoms with Crippen LogP contribution >= 0.6 is 0 Å². The van der Waals surface area contributed by atoms with Crippen molar-refractivity contribution in [2.75, 3.05) is 19.6 Å². The van der Waals surface area contributed by atoms with Gasteiger partial charge in [-0.25, -0.2) is 0 Å². The molecule has 1 aliphatic rings. The highest BCUT2D eigenvalue weighted by atomic mass is 16.5. The van der Waals surface area contributed by atoms with Crippen molar-refractivity contribution in [3.05, 3.63) is 12.3 Å². The molecule has 14 heavy (non-hydrogen) atoms. The number of hydrogen-bond donors (Lipinski definition) is 2. The first-order chi connectivity index (χ1) is 6.83. The van der Waals surface area contributed by atoms with Gasteiger partial charge >= 0.3 is 0 Å². The van der Waals surface area contributed by atoms with Crippen molar-refractivity contribution >= 4 is 5.91 Å². The molecule has 0 aromatic heterocycles. The molecule has 80 valence electrons. The lowest BCUT2D eigenvalue weighted by Gasteiger charge is -2.19. The van der Waals surface area contributed by atoms with Crippen molar-refractivity contribution in [1.82, 2.24) is 10.6 Å². The average molecular weight is 198 g/mol. The third-order valence-electron chi connectivity index (χ3n) is 2.05. The van der Waals surface area contributed by atoms with Crippen molar-refractivity contribution in [2.24, 2.45) is 0 Å². The van der Waals surface area contributed by atoms with Crippen molar-refractivity contribution < 1.29 is 9.53 Å². The van der Waals surface area contributed by atoms with Gasteiger partial charge in [-0.15, -0.1) is 0 Å².